The topological polar surface area (TPSA) is 75.6 Å². The highest BCUT2D eigenvalue weighted by molar-refractivity contribution is 5.95. The Morgan fingerprint density at radius 2 is 1.90 bits per heavy atom. The molecule has 2 N–H and O–H groups in total. The Kier molecular flexibility index (Phi) is 4.63. The van der Waals surface area contributed by atoms with Gasteiger partial charge in [-0.05, 0) is 49.9 Å². The number of aliphatic carboxylic acids is 1. The molecule has 5 nitrogen and oxygen atoms in total. The van der Waals surface area contributed by atoms with Crippen LogP contribution in [0.4, 0.5) is 0 Å². The summed E-state index contributed by atoms with van der Waals surface area (Å²) in [7, 11) is 0. The van der Waals surface area contributed by atoms with Gasteiger partial charge in [-0.3, -0.25) is 9.59 Å². The van der Waals surface area contributed by atoms with Crippen LogP contribution in [0.5, 0.6) is 0 Å². The third-order valence-corrected chi connectivity index (χ3v) is 4.09. The monoisotopic (exact) mass is 291 g/mol. The SMILES string of the molecule is Cc1ccc(C(=O)NC2(CC(=O)O)CCOCC2)cc1C. The minimum Gasteiger partial charge on any atom is -0.481 e. The minimum atomic E-state index is -0.905. The Balaban J connectivity index is 2.17. The molecule has 0 aliphatic carbocycles. The maximum atomic E-state index is 12.4. The van der Waals surface area contributed by atoms with Crippen molar-refractivity contribution in [2.45, 2.75) is 38.6 Å². The number of carbonyl (C=O) groups is 2. The van der Waals surface area contributed by atoms with Crippen molar-refractivity contribution in [3.8, 4) is 0 Å². The second kappa shape index (κ2) is 6.26. The number of amides is 1. The highest BCUT2D eigenvalue weighted by Crippen LogP contribution is 2.25. The van der Waals surface area contributed by atoms with Gasteiger partial charge in [-0.15, -0.1) is 0 Å². The minimum absolute atomic E-state index is 0.0764. The first-order valence-corrected chi connectivity index (χ1v) is 7.11. The molecule has 0 saturated carbocycles. The third kappa shape index (κ3) is 3.82. The van der Waals surface area contributed by atoms with E-state index in [0.29, 0.717) is 31.6 Å². The summed E-state index contributed by atoms with van der Waals surface area (Å²) in [6.45, 7) is 4.88. The number of nitrogens with one attached hydrogen (secondary N) is 1. The molecule has 1 aromatic rings. The van der Waals surface area contributed by atoms with E-state index in [2.05, 4.69) is 5.32 Å². The van der Waals surface area contributed by atoms with E-state index in [4.69, 9.17) is 9.84 Å². The van der Waals surface area contributed by atoms with Crippen molar-refractivity contribution in [1.82, 2.24) is 5.32 Å². The lowest BCUT2D eigenvalue weighted by molar-refractivity contribution is -0.139. The van der Waals surface area contributed by atoms with Crippen LogP contribution in [-0.2, 0) is 9.53 Å². The number of ether oxygens (including phenoxy) is 1. The lowest BCUT2D eigenvalue weighted by atomic mass is 9.86. The molecule has 0 aromatic heterocycles. The van der Waals surface area contributed by atoms with Gasteiger partial charge in [-0.25, -0.2) is 0 Å². The van der Waals surface area contributed by atoms with Crippen molar-refractivity contribution in [2.75, 3.05) is 13.2 Å². The Morgan fingerprint density at radius 3 is 2.48 bits per heavy atom. The summed E-state index contributed by atoms with van der Waals surface area (Å²) in [4.78, 5) is 23.5. The van der Waals surface area contributed by atoms with E-state index in [-0.39, 0.29) is 12.3 Å². The van der Waals surface area contributed by atoms with E-state index in [1.807, 2.05) is 26.0 Å². The van der Waals surface area contributed by atoms with Crippen LogP contribution in [0.15, 0.2) is 18.2 Å². The van der Waals surface area contributed by atoms with Crippen molar-refractivity contribution >= 4 is 11.9 Å². The van der Waals surface area contributed by atoms with Crippen LogP contribution in [0, 0.1) is 13.8 Å². The standard InChI is InChI=1S/C16H21NO4/c1-11-3-4-13(9-12(11)2)15(20)17-16(10-14(18)19)5-7-21-8-6-16/h3-4,9H,5-8,10H2,1-2H3,(H,17,20)(H,18,19). The van der Waals surface area contributed by atoms with Crippen LogP contribution in [0.25, 0.3) is 0 Å². The summed E-state index contributed by atoms with van der Waals surface area (Å²) >= 11 is 0. The maximum absolute atomic E-state index is 12.4. The molecule has 0 atom stereocenters. The first-order chi connectivity index (χ1) is 9.92. The molecule has 2 rings (SSSR count). The predicted octanol–water partition coefficient (Wildman–Crippen LogP) is 2.06. The molecule has 1 amide bonds. The van der Waals surface area contributed by atoms with Crippen molar-refractivity contribution in [2.24, 2.45) is 0 Å². The zero-order valence-electron chi connectivity index (χ0n) is 12.4. The Hall–Kier alpha value is -1.88. The molecule has 0 radical (unpaired) electrons. The number of hydrogen-bond acceptors (Lipinski definition) is 3. The number of carboxylic acids is 1. The highest BCUT2D eigenvalue weighted by Gasteiger charge is 2.36. The Bertz CT molecular complexity index is 547. The molecule has 1 aliphatic rings. The van der Waals surface area contributed by atoms with Gasteiger partial charge >= 0.3 is 5.97 Å². The quantitative estimate of drug-likeness (QED) is 0.890. The van der Waals surface area contributed by atoms with E-state index in [1.165, 1.54) is 0 Å². The van der Waals surface area contributed by atoms with Crippen LogP contribution in [-0.4, -0.2) is 35.7 Å². The molecule has 5 heteroatoms. The summed E-state index contributed by atoms with van der Waals surface area (Å²) in [6.07, 6.45) is 0.971. The van der Waals surface area contributed by atoms with Gasteiger partial charge in [0.15, 0.2) is 0 Å². The van der Waals surface area contributed by atoms with Crippen molar-refractivity contribution in [1.29, 1.82) is 0 Å². The fourth-order valence-electron chi connectivity index (χ4n) is 2.59. The van der Waals surface area contributed by atoms with E-state index in [0.717, 1.165) is 11.1 Å². The van der Waals surface area contributed by atoms with Crippen LogP contribution >= 0.6 is 0 Å². The van der Waals surface area contributed by atoms with E-state index in [1.54, 1.807) is 6.07 Å². The number of hydrogen-bond donors (Lipinski definition) is 2. The van der Waals surface area contributed by atoms with Gasteiger partial charge < -0.3 is 15.2 Å². The second-order valence-electron chi connectivity index (χ2n) is 5.72. The maximum Gasteiger partial charge on any atom is 0.305 e. The summed E-state index contributed by atoms with van der Waals surface area (Å²) in [5, 5.41) is 12.0. The molecule has 1 heterocycles. The molecule has 1 fully saturated rings. The van der Waals surface area contributed by atoms with Gasteiger partial charge in [0, 0.05) is 18.8 Å². The molecule has 1 saturated heterocycles. The van der Waals surface area contributed by atoms with Gasteiger partial charge in [0.25, 0.3) is 5.91 Å². The van der Waals surface area contributed by atoms with Gasteiger partial charge in [-0.2, -0.15) is 0 Å². The molecule has 0 unspecified atom stereocenters. The van der Waals surface area contributed by atoms with Gasteiger partial charge in [0.1, 0.15) is 0 Å². The molecule has 0 spiro atoms. The Morgan fingerprint density at radius 1 is 1.24 bits per heavy atom. The van der Waals surface area contributed by atoms with Crippen LogP contribution in [0.1, 0.15) is 40.7 Å². The van der Waals surface area contributed by atoms with Crippen LogP contribution < -0.4 is 5.32 Å². The number of carboxylic acid groups (broad SMARTS) is 1. The first kappa shape index (κ1) is 15.5. The zero-order valence-corrected chi connectivity index (χ0v) is 12.4. The van der Waals surface area contributed by atoms with Crippen molar-refractivity contribution < 1.29 is 19.4 Å². The third-order valence-electron chi connectivity index (χ3n) is 4.09. The summed E-state index contributed by atoms with van der Waals surface area (Å²) < 4.78 is 5.28. The van der Waals surface area contributed by atoms with Gasteiger partial charge in [0.05, 0.1) is 12.0 Å². The van der Waals surface area contributed by atoms with Gasteiger partial charge in [-0.1, -0.05) is 6.07 Å². The molecule has 1 aromatic carbocycles. The first-order valence-electron chi connectivity index (χ1n) is 7.11. The highest BCUT2D eigenvalue weighted by atomic mass is 16.5. The van der Waals surface area contributed by atoms with Crippen molar-refractivity contribution in [3.05, 3.63) is 34.9 Å². The van der Waals surface area contributed by atoms with Gasteiger partial charge in [0.2, 0.25) is 0 Å². The number of aryl methyl sites for hydroxylation is 2. The lowest BCUT2D eigenvalue weighted by Gasteiger charge is -2.36. The van der Waals surface area contributed by atoms with E-state index < -0.39 is 11.5 Å². The molecular weight excluding hydrogens is 270 g/mol. The average molecular weight is 291 g/mol. The molecule has 114 valence electrons. The summed E-state index contributed by atoms with van der Waals surface area (Å²) in [5.74, 6) is -1.13. The fraction of sp³-hybridized carbons (Fsp3) is 0.500. The zero-order chi connectivity index (χ0) is 15.5. The largest absolute Gasteiger partial charge is 0.481 e. The Labute approximate surface area is 124 Å². The van der Waals surface area contributed by atoms with E-state index >= 15 is 0 Å². The van der Waals surface area contributed by atoms with Crippen molar-refractivity contribution in [3.63, 3.8) is 0 Å². The predicted molar refractivity (Wildman–Crippen MR) is 78.4 cm³/mol. The van der Waals surface area contributed by atoms with Crippen LogP contribution in [0.2, 0.25) is 0 Å². The molecule has 1 aliphatic heterocycles. The molecule has 21 heavy (non-hydrogen) atoms. The number of carbonyl (C=O) groups excluding carboxylic acids is 1. The summed E-state index contributed by atoms with van der Waals surface area (Å²) in [5.41, 5.74) is 2.02. The van der Waals surface area contributed by atoms with Crippen LogP contribution in [0.3, 0.4) is 0 Å². The average Bonchev–Trinajstić information content (AvgIpc) is 2.41. The fourth-order valence-corrected chi connectivity index (χ4v) is 2.59. The molecular formula is C16H21NO4. The normalized spacial score (nSPS) is 17.2. The number of benzene rings is 1. The number of rotatable bonds is 4. The smallest absolute Gasteiger partial charge is 0.305 e. The van der Waals surface area contributed by atoms with E-state index in [9.17, 15) is 9.59 Å². The molecule has 0 bridgehead atoms. The second-order valence-corrected chi connectivity index (χ2v) is 5.72. The summed E-state index contributed by atoms with van der Waals surface area (Å²) in [6, 6.07) is 5.50. The lowest BCUT2D eigenvalue weighted by Crippen LogP contribution is -2.53.